The number of likely N-dealkylation sites (N-methyl/N-ethyl adjacent to an activating group) is 1. The summed E-state index contributed by atoms with van der Waals surface area (Å²) in [6.45, 7) is 9.04. The topological polar surface area (TPSA) is 90.3 Å². The lowest BCUT2D eigenvalue weighted by atomic mass is 9.95. The van der Waals surface area contributed by atoms with Gasteiger partial charge in [0, 0.05) is 18.7 Å². The van der Waals surface area contributed by atoms with Gasteiger partial charge in [0.05, 0.1) is 11.6 Å². The third-order valence-electron chi connectivity index (χ3n) is 6.89. The van der Waals surface area contributed by atoms with Crippen molar-refractivity contribution in [2.75, 3.05) is 26.2 Å². The Hall–Kier alpha value is -4.10. The van der Waals surface area contributed by atoms with Gasteiger partial charge in [0.1, 0.15) is 23.9 Å². The maximum atomic E-state index is 13.2. The van der Waals surface area contributed by atoms with Crippen molar-refractivity contribution in [1.29, 1.82) is 0 Å². The molecule has 3 aromatic carbocycles. The van der Waals surface area contributed by atoms with E-state index in [1.807, 2.05) is 39.0 Å². The summed E-state index contributed by atoms with van der Waals surface area (Å²) in [7, 11) is 0. The van der Waals surface area contributed by atoms with E-state index in [2.05, 4.69) is 11.0 Å². The molecule has 0 unspecified atom stereocenters. The minimum atomic E-state index is -0.810. The number of ketones is 1. The lowest BCUT2D eigenvalue weighted by Crippen LogP contribution is -2.38. The summed E-state index contributed by atoms with van der Waals surface area (Å²) in [5, 5.41) is 21.4. The molecule has 2 N–H and O–H groups in total. The number of hydrogen-bond donors (Lipinski definition) is 2. The first-order chi connectivity index (χ1) is 18.3. The molecule has 0 spiro atoms. The van der Waals surface area contributed by atoms with E-state index in [4.69, 9.17) is 4.74 Å². The Bertz CT molecular complexity index is 1330. The van der Waals surface area contributed by atoms with Gasteiger partial charge in [-0.25, -0.2) is 0 Å². The number of phenols is 1. The lowest BCUT2D eigenvalue weighted by Gasteiger charge is -2.28. The normalized spacial score (nSPS) is 16.8. The van der Waals surface area contributed by atoms with Gasteiger partial charge in [0.25, 0.3) is 11.7 Å². The van der Waals surface area contributed by atoms with Crippen LogP contribution in [0.2, 0.25) is 0 Å². The quantitative estimate of drug-likeness (QED) is 0.224. The Morgan fingerprint density at radius 2 is 1.68 bits per heavy atom. The largest absolute Gasteiger partial charge is 0.508 e. The van der Waals surface area contributed by atoms with Crippen LogP contribution in [0.5, 0.6) is 11.5 Å². The minimum Gasteiger partial charge on any atom is -0.508 e. The van der Waals surface area contributed by atoms with Gasteiger partial charge in [-0.1, -0.05) is 55.8 Å². The molecule has 1 amide bonds. The number of carbonyl (C=O) groups is 2. The van der Waals surface area contributed by atoms with Gasteiger partial charge >= 0.3 is 0 Å². The van der Waals surface area contributed by atoms with Gasteiger partial charge in [-0.05, 0) is 67.5 Å². The number of aromatic hydroxyl groups is 1. The van der Waals surface area contributed by atoms with E-state index < -0.39 is 17.7 Å². The van der Waals surface area contributed by atoms with Crippen LogP contribution in [-0.2, 0) is 16.2 Å². The number of likely N-dealkylation sites (tertiary alicyclic amines) is 1. The number of nitrogens with zero attached hydrogens (tertiary/aromatic N) is 2. The number of carbonyl (C=O) groups excluding carboxylic acids is 2. The summed E-state index contributed by atoms with van der Waals surface area (Å²) >= 11 is 0. The summed E-state index contributed by atoms with van der Waals surface area (Å²) in [6, 6.07) is 20.5. The van der Waals surface area contributed by atoms with E-state index in [9.17, 15) is 19.8 Å². The molecule has 0 radical (unpaired) electrons. The first-order valence-electron chi connectivity index (χ1n) is 12.9. The monoisotopic (exact) mass is 514 g/mol. The Morgan fingerprint density at radius 1 is 0.974 bits per heavy atom. The number of benzene rings is 3. The second-order valence-electron chi connectivity index (χ2n) is 9.42. The molecule has 1 fully saturated rings. The van der Waals surface area contributed by atoms with Gasteiger partial charge in [0.2, 0.25) is 0 Å². The minimum absolute atomic E-state index is 0.00794. The van der Waals surface area contributed by atoms with Crippen molar-refractivity contribution in [1.82, 2.24) is 9.80 Å². The number of Topliss-reactive ketones (excluding diaryl/α,β-unsaturated/α-hetero) is 1. The number of aliphatic hydroxyl groups excluding tert-OH is 1. The van der Waals surface area contributed by atoms with Crippen molar-refractivity contribution < 1.29 is 24.5 Å². The van der Waals surface area contributed by atoms with E-state index in [0.29, 0.717) is 36.6 Å². The number of aryl methyl sites for hydroxylation is 1. The summed E-state index contributed by atoms with van der Waals surface area (Å²) in [5.41, 5.74) is 3.17. The van der Waals surface area contributed by atoms with Crippen LogP contribution in [0.15, 0.2) is 78.4 Å². The molecule has 198 valence electrons. The number of rotatable bonds is 10. The van der Waals surface area contributed by atoms with Gasteiger partial charge in [-0.3, -0.25) is 9.59 Å². The molecule has 0 bridgehead atoms. The zero-order chi connectivity index (χ0) is 27.2. The average Bonchev–Trinajstić information content (AvgIpc) is 3.17. The summed E-state index contributed by atoms with van der Waals surface area (Å²) < 4.78 is 5.88. The van der Waals surface area contributed by atoms with Crippen molar-refractivity contribution in [3.8, 4) is 11.5 Å². The number of aliphatic hydroxyl groups is 1. The Labute approximate surface area is 223 Å². The number of phenolic OH excluding ortho intramolecular Hbond substituents is 1. The van der Waals surface area contributed by atoms with Crippen LogP contribution in [0, 0.1) is 6.92 Å². The number of hydrogen-bond acceptors (Lipinski definition) is 6. The predicted molar refractivity (Wildman–Crippen MR) is 147 cm³/mol. The predicted octanol–water partition coefficient (Wildman–Crippen LogP) is 5.04. The molecule has 38 heavy (non-hydrogen) atoms. The summed E-state index contributed by atoms with van der Waals surface area (Å²) in [4.78, 5) is 30.0. The third kappa shape index (κ3) is 5.89. The van der Waals surface area contributed by atoms with Crippen LogP contribution in [0.4, 0.5) is 0 Å². The summed E-state index contributed by atoms with van der Waals surface area (Å²) in [6.07, 6.45) is 0. The first-order valence-corrected chi connectivity index (χ1v) is 12.9. The van der Waals surface area contributed by atoms with E-state index in [0.717, 1.165) is 24.2 Å². The molecule has 1 atom stereocenters. The van der Waals surface area contributed by atoms with Gasteiger partial charge < -0.3 is 24.7 Å². The Morgan fingerprint density at radius 3 is 2.34 bits per heavy atom. The smallest absolute Gasteiger partial charge is 0.295 e. The molecule has 1 heterocycles. The van der Waals surface area contributed by atoms with Crippen LogP contribution < -0.4 is 4.74 Å². The SMILES string of the molecule is CCN(CC)CCN1C(=O)C(=O)/C(=C(/O)c2ccc(OCc3cccc(C)c3)cc2)[C@H]1c1cccc(O)c1. The molecular weight excluding hydrogens is 480 g/mol. The first kappa shape index (κ1) is 26.9. The molecule has 0 aliphatic carbocycles. The average molecular weight is 515 g/mol. The fraction of sp³-hybridized carbons (Fsp3) is 0.290. The van der Waals surface area contributed by atoms with Crippen LogP contribution in [-0.4, -0.2) is 57.9 Å². The van der Waals surface area contributed by atoms with Crippen LogP contribution in [0.3, 0.4) is 0 Å². The van der Waals surface area contributed by atoms with Crippen LogP contribution >= 0.6 is 0 Å². The highest BCUT2D eigenvalue weighted by Gasteiger charge is 2.46. The lowest BCUT2D eigenvalue weighted by molar-refractivity contribution is -0.140. The van der Waals surface area contributed by atoms with Crippen molar-refractivity contribution >= 4 is 17.4 Å². The maximum absolute atomic E-state index is 13.2. The molecule has 4 rings (SSSR count). The molecule has 0 aromatic heterocycles. The van der Waals surface area contributed by atoms with E-state index in [1.165, 1.54) is 17.0 Å². The Balaban J connectivity index is 1.64. The zero-order valence-corrected chi connectivity index (χ0v) is 22.1. The van der Waals surface area contributed by atoms with Gasteiger partial charge in [-0.15, -0.1) is 0 Å². The number of amides is 1. The highest BCUT2D eigenvalue weighted by Crippen LogP contribution is 2.40. The van der Waals surface area contributed by atoms with Gasteiger partial charge in [-0.2, -0.15) is 0 Å². The maximum Gasteiger partial charge on any atom is 0.295 e. The van der Waals surface area contributed by atoms with Gasteiger partial charge in [0.15, 0.2) is 0 Å². The van der Waals surface area contributed by atoms with Crippen molar-refractivity contribution in [3.63, 3.8) is 0 Å². The molecule has 1 aliphatic heterocycles. The standard InChI is InChI=1S/C31H34N2O5/c1-4-32(5-2)16-17-33-28(24-10-7-11-25(34)19-24)27(30(36)31(33)37)29(35)23-12-14-26(15-13-23)38-20-22-9-6-8-21(3)18-22/h6-15,18-19,28,34-35H,4-5,16-17,20H2,1-3H3/b29-27+/t28-/m1/s1. The van der Waals surface area contributed by atoms with Crippen molar-refractivity contribution in [2.45, 2.75) is 33.4 Å². The molecule has 3 aromatic rings. The molecular formula is C31H34N2O5. The van der Waals surface area contributed by atoms with Crippen molar-refractivity contribution in [3.05, 3.63) is 101 Å². The van der Waals surface area contributed by atoms with Crippen LogP contribution in [0.25, 0.3) is 5.76 Å². The molecule has 1 saturated heterocycles. The summed E-state index contributed by atoms with van der Waals surface area (Å²) in [5.74, 6) is -1.02. The molecule has 7 heteroatoms. The van der Waals surface area contributed by atoms with E-state index in [1.54, 1.807) is 36.4 Å². The fourth-order valence-electron chi connectivity index (χ4n) is 4.77. The van der Waals surface area contributed by atoms with E-state index >= 15 is 0 Å². The second kappa shape index (κ2) is 12.0. The van der Waals surface area contributed by atoms with Crippen molar-refractivity contribution in [2.24, 2.45) is 0 Å². The molecule has 1 aliphatic rings. The van der Waals surface area contributed by atoms with E-state index in [-0.39, 0.29) is 17.1 Å². The zero-order valence-electron chi connectivity index (χ0n) is 22.1. The Kier molecular flexibility index (Phi) is 8.48. The van der Waals surface area contributed by atoms with Crippen LogP contribution in [0.1, 0.15) is 42.1 Å². The number of ether oxygens (including phenoxy) is 1. The highest BCUT2D eigenvalue weighted by molar-refractivity contribution is 6.46. The molecule has 0 saturated carbocycles. The molecule has 7 nitrogen and oxygen atoms in total. The highest BCUT2D eigenvalue weighted by atomic mass is 16.5. The fourth-order valence-corrected chi connectivity index (χ4v) is 4.77. The second-order valence-corrected chi connectivity index (χ2v) is 9.42. The third-order valence-corrected chi connectivity index (χ3v) is 6.89.